The van der Waals surface area contributed by atoms with Gasteiger partial charge >= 0.3 is 0 Å². The van der Waals surface area contributed by atoms with E-state index in [1.54, 1.807) is 5.57 Å². The molecule has 0 N–H and O–H groups in total. The Labute approximate surface area is 102 Å². The van der Waals surface area contributed by atoms with E-state index < -0.39 is 8.32 Å². The minimum Gasteiger partial charge on any atom is -0.549 e. The van der Waals surface area contributed by atoms with Crippen molar-refractivity contribution in [2.45, 2.75) is 77.4 Å². The Hall–Kier alpha value is -0.243. The topological polar surface area (TPSA) is 9.23 Å². The van der Waals surface area contributed by atoms with Crippen LogP contribution < -0.4 is 0 Å². The molecule has 0 saturated heterocycles. The van der Waals surface area contributed by atoms with Crippen molar-refractivity contribution in [1.29, 1.82) is 0 Å². The van der Waals surface area contributed by atoms with Gasteiger partial charge in [0.1, 0.15) is 0 Å². The highest BCUT2D eigenvalue weighted by atomic mass is 28.4. The van der Waals surface area contributed by atoms with E-state index in [4.69, 9.17) is 4.43 Å². The van der Waals surface area contributed by atoms with E-state index in [2.05, 4.69) is 26.7 Å². The van der Waals surface area contributed by atoms with Crippen LogP contribution in [0.2, 0.25) is 18.6 Å². The molecule has 0 spiro atoms. The van der Waals surface area contributed by atoms with Crippen molar-refractivity contribution in [3.05, 3.63) is 11.8 Å². The molecular formula is C14H28OSi. The minimum atomic E-state index is -1.39. The molecule has 0 radical (unpaired) electrons. The van der Waals surface area contributed by atoms with Crippen LogP contribution in [0.4, 0.5) is 0 Å². The van der Waals surface area contributed by atoms with Crippen LogP contribution in [0.1, 0.15) is 58.8 Å². The van der Waals surface area contributed by atoms with Gasteiger partial charge in [0.25, 0.3) is 0 Å². The molecule has 1 aliphatic rings. The van der Waals surface area contributed by atoms with E-state index >= 15 is 0 Å². The van der Waals surface area contributed by atoms with Crippen LogP contribution in [0.15, 0.2) is 11.8 Å². The lowest BCUT2D eigenvalue weighted by molar-refractivity contribution is 0.447. The Kier molecular flexibility index (Phi) is 6.18. The SMILES string of the molecule is CC[Si](C)(CC)OC=C1CCCCCCC1. The van der Waals surface area contributed by atoms with Crippen LogP contribution in [0.5, 0.6) is 0 Å². The fourth-order valence-electron chi connectivity index (χ4n) is 2.12. The molecule has 0 aromatic heterocycles. The van der Waals surface area contributed by atoms with Gasteiger partial charge in [-0.15, -0.1) is 0 Å². The second-order valence-electron chi connectivity index (χ2n) is 5.32. The maximum Gasteiger partial charge on any atom is 0.246 e. The number of allylic oxidation sites excluding steroid dienone is 1. The third-order valence-corrected chi connectivity index (χ3v) is 7.68. The molecule has 1 aliphatic carbocycles. The zero-order valence-corrected chi connectivity index (χ0v) is 12.3. The van der Waals surface area contributed by atoms with Crippen LogP contribution in [0.3, 0.4) is 0 Å². The predicted octanol–water partition coefficient (Wildman–Crippen LogP) is 5.25. The Morgan fingerprint density at radius 3 is 2.00 bits per heavy atom. The van der Waals surface area contributed by atoms with Gasteiger partial charge in [0.2, 0.25) is 8.32 Å². The zero-order valence-electron chi connectivity index (χ0n) is 11.3. The summed E-state index contributed by atoms with van der Waals surface area (Å²) in [6, 6.07) is 2.46. The molecule has 1 rings (SSSR count). The first-order valence-electron chi connectivity index (χ1n) is 7.06. The van der Waals surface area contributed by atoms with E-state index in [0.29, 0.717) is 0 Å². The molecule has 94 valence electrons. The molecule has 2 heteroatoms. The van der Waals surface area contributed by atoms with Crippen LogP contribution in [0, 0.1) is 0 Å². The van der Waals surface area contributed by atoms with Crippen molar-refractivity contribution < 1.29 is 4.43 Å². The second kappa shape index (κ2) is 7.15. The summed E-state index contributed by atoms with van der Waals surface area (Å²) in [5.41, 5.74) is 1.57. The summed E-state index contributed by atoms with van der Waals surface area (Å²) in [5, 5.41) is 0. The van der Waals surface area contributed by atoms with Crippen LogP contribution in [-0.4, -0.2) is 8.32 Å². The number of hydrogen-bond donors (Lipinski definition) is 0. The molecule has 1 nitrogen and oxygen atoms in total. The molecule has 0 unspecified atom stereocenters. The fourth-order valence-corrected chi connectivity index (χ4v) is 3.40. The van der Waals surface area contributed by atoms with Crippen molar-refractivity contribution in [3.63, 3.8) is 0 Å². The smallest absolute Gasteiger partial charge is 0.246 e. The van der Waals surface area contributed by atoms with Gasteiger partial charge in [-0.05, 0) is 49.9 Å². The molecule has 16 heavy (non-hydrogen) atoms. The van der Waals surface area contributed by atoms with Crippen molar-refractivity contribution in [2.24, 2.45) is 0 Å². The Morgan fingerprint density at radius 1 is 1.00 bits per heavy atom. The van der Waals surface area contributed by atoms with Gasteiger partial charge in [0, 0.05) is 0 Å². The molecule has 0 amide bonds. The molecular weight excluding hydrogens is 212 g/mol. The van der Waals surface area contributed by atoms with E-state index in [9.17, 15) is 0 Å². The molecule has 1 saturated carbocycles. The normalized spacial score (nSPS) is 18.8. The van der Waals surface area contributed by atoms with Crippen molar-refractivity contribution in [3.8, 4) is 0 Å². The summed E-state index contributed by atoms with van der Waals surface area (Å²) < 4.78 is 6.14. The maximum atomic E-state index is 6.14. The molecule has 0 atom stereocenters. The second-order valence-corrected chi connectivity index (χ2v) is 9.87. The van der Waals surface area contributed by atoms with Gasteiger partial charge < -0.3 is 4.43 Å². The first kappa shape index (κ1) is 13.8. The third kappa shape index (κ3) is 4.73. The maximum absolute atomic E-state index is 6.14. The summed E-state index contributed by atoms with van der Waals surface area (Å²) in [7, 11) is -1.39. The van der Waals surface area contributed by atoms with E-state index in [1.807, 2.05) is 0 Å². The van der Waals surface area contributed by atoms with Gasteiger partial charge in [0.05, 0.1) is 6.26 Å². The lowest BCUT2D eigenvalue weighted by Gasteiger charge is -2.24. The highest BCUT2D eigenvalue weighted by Gasteiger charge is 2.24. The van der Waals surface area contributed by atoms with Crippen molar-refractivity contribution in [1.82, 2.24) is 0 Å². The van der Waals surface area contributed by atoms with Crippen LogP contribution in [-0.2, 0) is 4.43 Å². The van der Waals surface area contributed by atoms with Gasteiger partial charge in [-0.2, -0.15) is 0 Å². The summed E-state index contributed by atoms with van der Waals surface area (Å²) in [4.78, 5) is 0. The third-order valence-electron chi connectivity index (χ3n) is 4.00. The number of rotatable bonds is 4. The van der Waals surface area contributed by atoms with E-state index in [0.717, 1.165) is 0 Å². The first-order valence-corrected chi connectivity index (χ1v) is 9.88. The Balaban J connectivity index is 2.46. The molecule has 0 bridgehead atoms. The quantitative estimate of drug-likeness (QED) is 0.482. The van der Waals surface area contributed by atoms with E-state index in [-0.39, 0.29) is 0 Å². The fraction of sp³-hybridized carbons (Fsp3) is 0.857. The Morgan fingerprint density at radius 2 is 1.50 bits per heavy atom. The summed E-state index contributed by atoms with van der Waals surface area (Å²) >= 11 is 0. The van der Waals surface area contributed by atoms with Crippen molar-refractivity contribution >= 4 is 8.32 Å². The minimum absolute atomic E-state index is 1.23. The van der Waals surface area contributed by atoms with Gasteiger partial charge in [-0.3, -0.25) is 0 Å². The van der Waals surface area contributed by atoms with Gasteiger partial charge in [-0.1, -0.05) is 33.1 Å². The lowest BCUT2D eigenvalue weighted by Crippen LogP contribution is -2.30. The molecule has 0 aromatic carbocycles. The molecule has 0 heterocycles. The molecule has 0 aliphatic heterocycles. The van der Waals surface area contributed by atoms with Gasteiger partial charge in [0.15, 0.2) is 0 Å². The molecule has 1 fully saturated rings. The molecule has 0 aromatic rings. The lowest BCUT2D eigenvalue weighted by atomic mass is 9.97. The standard InChI is InChI=1S/C14H28OSi/c1-4-16(3,5-2)15-13-14-11-9-7-6-8-10-12-14/h13H,4-12H2,1-3H3. The summed E-state index contributed by atoms with van der Waals surface area (Å²) in [5.74, 6) is 0. The summed E-state index contributed by atoms with van der Waals surface area (Å²) in [6.45, 7) is 6.89. The largest absolute Gasteiger partial charge is 0.549 e. The number of hydrogen-bond acceptors (Lipinski definition) is 1. The van der Waals surface area contributed by atoms with Crippen LogP contribution in [0.25, 0.3) is 0 Å². The average Bonchev–Trinajstić information content (AvgIpc) is 2.27. The van der Waals surface area contributed by atoms with Gasteiger partial charge in [-0.25, -0.2) is 0 Å². The Bertz CT molecular complexity index is 209. The monoisotopic (exact) mass is 240 g/mol. The zero-order chi connectivity index (χ0) is 11.9. The first-order chi connectivity index (χ1) is 7.70. The predicted molar refractivity (Wildman–Crippen MR) is 74.1 cm³/mol. The summed E-state index contributed by atoms with van der Waals surface area (Å²) in [6.07, 6.45) is 11.7. The highest BCUT2D eigenvalue weighted by molar-refractivity contribution is 6.72. The van der Waals surface area contributed by atoms with Crippen molar-refractivity contribution in [2.75, 3.05) is 0 Å². The average molecular weight is 240 g/mol. The van der Waals surface area contributed by atoms with E-state index in [1.165, 1.54) is 57.0 Å². The highest BCUT2D eigenvalue weighted by Crippen LogP contribution is 2.24. The van der Waals surface area contributed by atoms with Crippen LogP contribution >= 0.6 is 0 Å².